The minimum absolute atomic E-state index is 0.143. The summed E-state index contributed by atoms with van der Waals surface area (Å²) >= 11 is 0. The van der Waals surface area contributed by atoms with Crippen LogP contribution in [0.2, 0.25) is 0 Å². The van der Waals surface area contributed by atoms with Crippen molar-refractivity contribution < 1.29 is 9.53 Å². The van der Waals surface area contributed by atoms with E-state index in [1.54, 1.807) is 19.4 Å². The molecule has 2 N–H and O–H groups in total. The summed E-state index contributed by atoms with van der Waals surface area (Å²) in [5, 5.41) is 6.39. The lowest BCUT2D eigenvalue weighted by molar-refractivity contribution is 0.0949. The topological polar surface area (TPSA) is 63.2 Å². The lowest BCUT2D eigenvalue weighted by Crippen LogP contribution is -2.26. The van der Waals surface area contributed by atoms with Crippen molar-refractivity contribution in [2.75, 3.05) is 19.0 Å². The first-order valence-electron chi connectivity index (χ1n) is 8.88. The number of pyridine rings is 1. The van der Waals surface area contributed by atoms with Gasteiger partial charge < -0.3 is 15.4 Å². The van der Waals surface area contributed by atoms with Crippen molar-refractivity contribution >= 4 is 11.6 Å². The molecular formula is C20H25N3O2. The van der Waals surface area contributed by atoms with Gasteiger partial charge in [-0.15, -0.1) is 0 Å². The first-order valence-corrected chi connectivity index (χ1v) is 8.88. The van der Waals surface area contributed by atoms with Crippen molar-refractivity contribution in [3.05, 3.63) is 53.9 Å². The van der Waals surface area contributed by atoms with Crippen LogP contribution in [0.15, 0.2) is 42.6 Å². The van der Waals surface area contributed by atoms with Gasteiger partial charge in [0, 0.05) is 12.6 Å². The van der Waals surface area contributed by atoms with Gasteiger partial charge in [-0.1, -0.05) is 25.0 Å². The van der Waals surface area contributed by atoms with Gasteiger partial charge in [-0.2, -0.15) is 0 Å². The van der Waals surface area contributed by atoms with Crippen LogP contribution in [0.25, 0.3) is 0 Å². The summed E-state index contributed by atoms with van der Waals surface area (Å²) in [7, 11) is 1.65. The van der Waals surface area contributed by atoms with Gasteiger partial charge in [0.1, 0.15) is 11.4 Å². The number of carbonyl (C=O) groups is 1. The highest BCUT2D eigenvalue weighted by molar-refractivity contribution is 5.92. The lowest BCUT2D eigenvalue weighted by Gasteiger charge is -2.13. The molecule has 3 rings (SSSR count). The van der Waals surface area contributed by atoms with Crippen LogP contribution >= 0.6 is 0 Å². The van der Waals surface area contributed by atoms with E-state index in [9.17, 15) is 4.79 Å². The molecule has 0 saturated heterocycles. The summed E-state index contributed by atoms with van der Waals surface area (Å²) in [6.45, 7) is 0.565. The third-order valence-electron chi connectivity index (χ3n) is 4.56. The third kappa shape index (κ3) is 4.95. The second kappa shape index (κ2) is 8.51. The van der Waals surface area contributed by atoms with Gasteiger partial charge in [-0.05, 0) is 49.1 Å². The van der Waals surface area contributed by atoms with E-state index in [2.05, 4.69) is 15.6 Å². The predicted octanol–water partition coefficient (Wildman–Crippen LogP) is 3.42. The maximum atomic E-state index is 12.2. The quantitative estimate of drug-likeness (QED) is 0.811. The smallest absolute Gasteiger partial charge is 0.269 e. The molecule has 0 radical (unpaired) electrons. The van der Waals surface area contributed by atoms with Gasteiger partial charge in [0.15, 0.2) is 0 Å². The van der Waals surface area contributed by atoms with E-state index in [4.69, 9.17) is 4.74 Å². The number of nitrogens with zero attached hydrogens (tertiary/aromatic N) is 1. The minimum atomic E-state index is -0.143. The molecule has 1 aromatic heterocycles. The Labute approximate surface area is 148 Å². The minimum Gasteiger partial charge on any atom is -0.497 e. The molecule has 5 heteroatoms. The first kappa shape index (κ1) is 17.3. The molecule has 2 aromatic rings. The average Bonchev–Trinajstić information content (AvgIpc) is 3.15. The van der Waals surface area contributed by atoms with Gasteiger partial charge in [-0.25, -0.2) is 4.98 Å². The molecule has 1 heterocycles. The number of methoxy groups -OCH3 is 1. The van der Waals surface area contributed by atoms with Crippen molar-refractivity contribution in [2.24, 2.45) is 0 Å². The Kier molecular flexibility index (Phi) is 5.88. The van der Waals surface area contributed by atoms with E-state index in [0.29, 0.717) is 18.3 Å². The van der Waals surface area contributed by atoms with Crippen molar-refractivity contribution in [1.82, 2.24) is 10.3 Å². The zero-order chi connectivity index (χ0) is 17.5. The fourth-order valence-corrected chi connectivity index (χ4v) is 3.16. The van der Waals surface area contributed by atoms with Gasteiger partial charge in [-0.3, -0.25) is 4.79 Å². The lowest BCUT2D eigenvalue weighted by atomic mass is 10.1. The van der Waals surface area contributed by atoms with E-state index in [-0.39, 0.29) is 5.91 Å². The SMILES string of the molecule is COc1cccc(CCNC(=O)c2ccc(NC3CCCC3)cn2)c1. The van der Waals surface area contributed by atoms with Crippen molar-refractivity contribution in [3.63, 3.8) is 0 Å². The van der Waals surface area contributed by atoms with Gasteiger partial charge >= 0.3 is 0 Å². The summed E-state index contributed by atoms with van der Waals surface area (Å²) in [6, 6.07) is 12.1. The Hall–Kier alpha value is -2.56. The molecule has 0 unspecified atom stereocenters. The van der Waals surface area contributed by atoms with Crippen LogP contribution < -0.4 is 15.4 Å². The molecule has 132 valence electrons. The fraction of sp³-hybridized carbons (Fsp3) is 0.400. The monoisotopic (exact) mass is 339 g/mol. The van der Waals surface area contributed by atoms with Crippen LogP contribution in [0.1, 0.15) is 41.7 Å². The molecule has 1 fully saturated rings. The van der Waals surface area contributed by atoms with E-state index in [1.165, 1.54) is 25.7 Å². The number of ether oxygens (including phenoxy) is 1. The number of carbonyl (C=O) groups excluding carboxylic acids is 1. The Bertz CT molecular complexity index is 694. The molecule has 0 bridgehead atoms. The molecule has 0 aliphatic heterocycles. The number of amides is 1. The van der Waals surface area contributed by atoms with Crippen molar-refractivity contribution in [2.45, 2.75) is 38.1 Å². The summed E-state index contributed by atoms with van der Waals surface area (Å²) < 4.78 is 5.21. The molecular weight excluding hydrogens is 314 g/mol. The van der Waals surface area contributed by atoms with Gasteiger partial charge in [0.25, 0.3) is 5.91 Å². The largest absolute Gasteiger partial charge is 0.497 e. The normalized spacial score (nSPS) is 14.3. The van der Waals surface area contributed by atoms with Crippen LogP contribution in [0, 0.1) is 0 Å². The highest BCUT2D eigenvalue weighted by Crippen LogP contribution is 2.21. The van der Waals surface area contributed by atoms with Gasteiger partial charge in [0.2, 0.25) is 0 Å². The maximum absolute atomic E-state index is 12.2. The fourth-order valence-electron chi connectivity index (χ4n) is 3.16. The molecule has 1 aliphatic rings. The average molecular weight is 339 g/mol. The van der Waals surface area contributed by atoms with E-state index < -0.39 is 0 Å². The first-order chi connectivity index (χ1) is 12.2. The van der Waals surface area contributed by atoms with Crippen LogP contribution in [-0.4, -0.2) is 30.6 Å². The molecule has 0 atom stereocenters. The van der Waals surface area contributed by atoms with Crippen LogP contribution in [0.4, 0.5) is 5.69 Å². The summed E-state index contributed by atoms with van der Waals surface area (Å²) in [4.78, 5) is 16.5. The van der Waals surface area contributed by atoms with Crippen LogP contribution in [0.5, 0.6) is 5.75 Å². The number of aromatic nitrogens is 1. The molecule has 1 aromatic carbocycles. The second-order valence-corrected chi connectivity index (χ2v) is 6.42. The number of anilines is 1. The Morgan fingerprint density at radius 2 is 2.08 bits per heavy atom. The number of benzene rings is 1. The van der Waals surface area contributed by atoms with Crippen molar-refractivity contribution in [1.29, 1.82) is 0 Å². The highest BCUT2D eigenvalue weighted by atomic mass is 16.5. The van der Waals surface area contributed by atoms with Crippen LogP contribution in [0.3, 0.4) is 0 Å². The molecule has 0 spiro atoms. The van der Waals surface area contributed by atoms with Gasteiger partial charge in [0.05, 0.1) is 19.0 Å². The van der Waals surface area contributed by atoms with E-state index in [0.717, 1.165) is 23.4 Å². The van der Waals surface area contributed by atoms with E-state index in [1.807, 2.05) is 30.3 Å². The predicted molar refractivity (Wildman–Crippen MR) is 99.1 cm³/mol. The maximum Gasteiger partial charge on any atom is 0.269 e. The summed E-state index contributed by atoms with van der Waals surface area (Å²) in [6.07, 6.45) is 7.51. The third-order valence-corrected chi connectivity index (χ3v) is 4.56. The van der Waals surface area contributed by atoms with Crippen molar-refractivity contribution in [3.8, 4) is 5.75 Å². The zero-order valence-corrected chi connectivity index (χ0v) is 14.6. The molecule has 1 aliphatic carbocycles. The summed E-state index contributed by atoms with van der Waals surface area (Å²) in [5.41, 5.74) is 2.56. The van der Waals surface area contributed by atoms with Crippen LogP contribution in [-0.2, 0) is 6.42 Å². The molecule has 25 heavy (non-hydrogen) atoms. The number of nitrogens with one attached hydrogen (secondary N) is 2. The molecule has 1 amide bonds. The zero-order valence-electron chi connectivity index (χ0n) is 14.6. The molecule has 5 nitrogen and oxygen atoms in total. The Balaban J connectivity index is 1.47. The Morgan fingerprint density at radius 1 is 1.24 bits per heavy atom. The molecule has 1 saturated carbocycles. The number of hydrogen-bond acceptors (Lipinski definition) is 4. The second-order valence-electron chi connectivity index (χ2n) is 6.42. The Morgan fingerprint density at radius 3 is 2.80 bits per heavy atom. The number of hydrogen-bond donors (Lipinski definition) is 2. The van der Waals surface area contributed by atoms with E-state index >= 15 is 0 Å². The number of rotatable bonds is 7. The summed E-state index contributed by atoms with van der Waals surface area (Å²) in [5.74, 6) is 0.686. The standard InChI is InChI=1S/C20H25N3O2/c1-25-18-8-4-5-15(13-18)11-12-21-20(24)19-10-9-17(14-22-19)23-16-6-2-3-7-16/h4-5,8-10,13-14,16,23H,2-3,6-7,11-12H2,1H3,(H,21,24). The highest BCUT2D eigenvalue weighted by Gasteiger charge is 2.14.